The van der Waals surface area contributed by atoms with Crippen LogP contribution in [0.5, 0.6) is 0 Å². The lowest BCUT2D eigenvalue weighted by molar-refractivity contribution is 0.459. The van der Waals surface area contributed by atoms with Gasteiger partial charge in [0.1, 0.15) is 15.0 Å². The summed E-state index contributed by atoms with van der Waals surface area (Å²) in [6.07, 6.45) is 0.561. The lowest BCUT2D eigenvalue weighted by Gasteiger charge is -2.29. The van der Waals surface area contributed by atoms with Gasteiger partial charge in [-0.1, -0.05) is 47.1 Å². The molecule has 0 radical (unpaired) electrons. The first-order valence-corrected chi connectivity index (χ1v) is 12.9. The van der Waals surface area contributed by atoms with Gasteiger partial charge in [0.25, 0.3) is 0 Å². The first kappa shape index (κ1) is 24.2. The topological polar surface area (TPSA) is 74.0 Å². The van der Waals surface area contributed by atoms with Crippen molar-refractivity contribution in [3.05, 3.63) is 81.0 Å². The smallest absolute Gasteiger partial charge is 0.169 e. The lowest BCUT2D eigenvalue weighted by atomic mass is 9.93. The van der Waals surface area contributed by atoms with Crippen LogP contribution in [0, 0.1) is 6.92 Å². The maximum absolute atomic E-state index is 13.2. The van der Waals surface area contributed by atoms with Crippen LogP contribution in [-0.2, 0) is 17.8 Å². The molecule has 172 valence electrons. The Morgan fingerprint density at radius 3 is 2.67 bits per heavy atom. The van der Waals surface area contributed by atoms with E-state index in [-0.39, 0.29) is 6.04 Å². The van der Waals surface area contributed by atoms with Crippen molar-refractivity contribution in [2.45, 2.75) is 44.9 Å². The summed E-state index contributed by atoms with van der Waals surface area (Å²) in [5, 5.41) is 5.82. The summed E-state index contributed by atoms with van der Waals surface area (Å²) >= 11 is 8.32. The Morgan fingerprint density at radius 2 is 1.91 bits per heavy atom. The minimum atomic E-state index is -1.29. The third-order valence-corrected chi connectivity index (χ3v) is 7.68. The van der Waals surface area contributed by atoms with Crippen molar-refractivity contribution in [3.8, 4) is 11.3 Å². The van der Waals surface area contributed by atoms with Crippen LogP contribution in [-0.4, -0.2) is 19.4 Å². The van der Waals surface area contributed by atoms with Crippen LogP contribution in [0.25, 0.3) is 22.2 Å². The lowest BCUT2D eigenvalue weighted by Crippen LogP contribution is -2.42. The van der Waals surface area contributed by atoms with Crippen molar-refractivity contribution in [2.24, 2.45) is 0 Å². The SMILES string of the molecule is Cc1ccc(Br)nc1CC(N[S+]([O-])C(C)(C)C)c1ccccc1-c1noc2cc(Cl)ccc12. The van der Waals surface area contributed by atoms with E-state index < -0.39 is 16.1 Å². The monoisotopic (exact) mass is 545 g/mol. The maximum Gasteiger partial charge on any atom is 0.169 e. The summed E-state index contributed by atoms with van der Waals surface area (Å²) in [7, 11) is 0. The van der Waals surface area contributed by atoms with Crippen molar-refractivity contribution in [1.29, 1.82) is 0 Å². The molecule has 4 aromatic rings. The van der Waals surface area contributed by atoms with Gasteiger partial charge in [0.05, 0.1) is 6.04 Å². The summed E-state index contributed by atoms with van der Waals surface area (Å²) in [5.74, 6) is 0. The second kappa shape index (κ2) is 9.76. The highest BCUT2D eigenvalue weighted by atomic mass is 79.9. The van der Waals surface area contributed by atoms with Crippen molar-refractivity contribution < 1.29 is 9.08 Å². The molecule has 33 heavy (non-hydrogen) atoms. The van der Waals surface area contributed by atoms with Gasteiger partial charge in [0.2, 0.25) is 0 Å². The molecule has 2 unspecified atom stereocenters. The first-order chi connectivity index (χ1) is 15.6. The summed E-state index contributed by atoms with van der Waals surface area (Å²) in [4.78, 5) is 4.69. The number of halogens is 2. The Bertz CT molecular complexity index is 1290. The minimum Gasteiger partial charge on any atom is -0.598 e. The fourth-order valence-corrected chi connectivity index (χ4v) is 4.92. The summed E-state index contributed by atoms with van der Waals surface area (Å²) < 4.78 is 22.4. The van der Waals surface area contributed by atoms with Crippen LogP contribution in [0.2, 0.25) is 5.02 Å². The molecule has 0 aliphatic rings. The molecule has 0 fully saturated rings. The zero-order valence-corrected chi connectivity index (χ0v) is 22.0. The van der Waals surface area contributed by atoms with E-state index in [1.54, 1.807) is 6.07 Å². The fraction of sp³-hybridized carbons (Fsp3) is 0.280. The molecule has 0 amide bonds. The third-order valence-electron chi connectivity index (χ3n) is 5.40. The second-order valence-corrected chi connectivity index (χ2v) is 12.2. The van der Waals surface area contributed by atoms with E-state index in [1.165, 1.54) is 0 Å². The largest absolute Gasteiger partial charge is 0.598 e. The zero-order chi connectivity index (χ0) is 23.8. The fourth-order valence-electron chi connectivity index (χ4n) is 3.59. The van der Waals surface area contributed by atoms with E-state index in [0.29, 0.717) is 17.0 Å². The highest BCUT2D eigenvalue weighted by Gasteiger charge is 2.32. The standard InChI is InChI=1S/C25H25BrClN3O2S/c1-15-9-12-23(26)28-20(15)14-21(30-33(31)25(2,3)4)17-7-5-6-8-18(17)24-19-11-10-16(27)13-22(19)32-29-24/h5-13,21,30H,14H2,1-4H3. The molecule has 0 aliphatic heterocycles. The number of nitrogens with zero attached hydrogens (tertiary/aromatic N) is 2. The molecule has 8 heteroatoms. The molecular formula is C25H25BrClN3O2S. The van der Waals surface area contributed by atoms with Crippen molar-refractivity contribution in [3.63, 3.8) is 0 Å². The van der Waals surface area contributed by atoms with E-state index in [4.69, 9.17) is 16.1 Å². The van der Waals surface area contributed by atoms with E-state index in [2.05, 4.69) is 30.8 Å². The van der Waals surface area contributed by atoms with Gasteiger partial charge < -0.3 is 9.08 Å². The summed E-state index contributed by atoms with van der Waals surface area (Å²) in [6, 6.07) is 17.2. The molecule has 2 aromatic carbocycles. The van der Waals surface area contributed by atoms with E-state index in [0.717, 1.165) is 38.1 Å². The Balaban J connectivity index is 1.82. The second-order valence-electron chi connectivity index (χ2n) is 8.91. The van der Waals surface area contributed by atoms with Crippen LogP contribution in [0.15, 0.2) is 63.7 Å². The number of hydrogen-bond acceptors (Lipinski definition) is 5. The maximum atomic E-state index is 13.2. The Morgan fingerprint density at radius 1 is 1.15 bits per heavy atom. The van der Waals surface area contributed by atoms with Gasteiger partial charge in [0, 0.05) is 45.5 Å². The average molecular weight is 547 g/mol. The van der Waals surface area contributed by atoms with Gasteiger partial charge in [0.15, 0.2) is 5.58 Å². The molecule has 0 saturated carbocycles. The predicted octanol–water partition coefficient (Wildman–Crippen LogP) is 6.95. The van der Waals surface area contributed by atoms with Crippen LogP contribution < -0.4 is 4.72 Å². The molecule has 2 heterocycles. The number of hydrogen-bond donors (Lipinski definition) is 1. The predicted molar refractivity (Wildman–Crippen MR) is 139 cm³/mol. The molecule has 0 spiro atoms. The Hall–Kier alpha value is -1.90. The molecule has 0 aliphatic carbocycles. The number of rotatable bonds is 6. The third kappa shape index (κ3) is 5.44. The normalized spacial score (nSPS) is 13.9. The summed E-state index contributed by atoms with van der Waals surface area (Å²) in [5.41, 5.74) is 5.24. The molecule has 0 bridgehead atoms. The van der Waals surface area contributed by atoms with E-state index >= 15 is 0 Å². The molecule has 1 N–H and O–H groups in total. The molecule has 2 aromatic heterocycles. The molecule has 2 atom stereocenters. The van der Waals surface area contributed by atoms with Gasteiger partial charge in [-0.15, -0.1) is 4.72 Å². The van der Waals surface area contributed by atoms with Crippen molar-refractivity contribution in [1.82, 2.24) is 14.9 Å². The molecule has 4 rings (SSSR count). The van der Waals surface area contributed by atoms with Gasteiger partial charge in [-0.05, 0) is 73.0 Å². The highest BCUT2D eigenvalue weighted by molar-refractivity contribution is 9.10. The number of aryl methyl sites for hydroxylation is 1. The van der Waals surface area contributed by atoms with Crippen molar-refractivity contribution >= 4 is 49.9 Å². The van der Waals surface area contributed by atoms with Gasteiger partial charge in [-0.3, -0.25) is 0 Å². The minimum absolute atomic E-state index is 0.263. The van der Waals surface area contributed by atoms with Gasteiger partial charge >= 0.3 is 0 Å². The summed E-state index contributed by atoms with van der Waals surface area (Å²) in [6.45, 7) is 7.90. The number of pyridine rings is 1. The van der Waals surface area contributed by atoms with Crippen LogP contribution in [0.3, 0.4) is 0 Å². The van der Waals surface area contributed by atoms with E-state index in [1.807, 2.05) is 76.2 Å². The number of fused-ring (bicyclic) bond motifs is 1. The van der Waals surface area contributed by atoms with Crippen molar-refractivity contribution in [2.75, 3.05) is 0 Å². The average Bonchev–Trinajstić information content (AvgIpc) is 3.18. The first-order valence-electron chi connectivity index (χ1n) is 10.6. The van der Waals surface area contributed by atoms with Gasteiger partial charge in [-0.2, -0.15) is 0 Å². The quantitative estimate of drug-likeness (QED) is 0.209. The van der Waals surface area contributed by atoms with Crippen LogP contribution in [0.1, 0.15) is 43.6 Å². The van der Waals surface area contributed by atoms with Gasteiger partial charge in [-0.25, -0.2) is 4.98 Å². The zero-order valence-electron chi connectivity index (χ0n) is 18.9. The number of benzene rings is 2. The number of nitrogens with one attached hydrogen (secondary N) is 1. The highest BCUT2D eigenvalue weighted by Crippen LogP contribution is 2.36. The Kier molecular flexibility index (Phi) is 7.17. The molecule has 5 nitrogen and oxygen atoms in total. The van der Waals surface area contributed by atoms with E-state index in [9.17, 15) is 4.55 Å². The number of aromatic nitrogens is 2. The van der Waals surface area contributed by atoms with Crippen LogP contribution >= 0.6 is 27.5 Å². The van der Waals surface area contributed by atoms with Crippen LogP contribution in [0.4, 0.5) is 0 Å². The Labute approximate surface area is 210 Å². The molecular weight excluding hydrogens is 522 g/mol. The molecule has 0 saturated heterocycles.